The fourth-order valence-corrected chi connectivity index (χ4v) is 3.27. The third kappa shape index (κ3) is 4.20. The summed E-state index contributed by atoms with van der Waals surface area (Å²) in [5.41, 5.74) is 1.34. The maximum Gasteiger partial charge on any atom is 0.160 e. The molecule has 1 heterocycles. The van der Waals surface area contributed by atoms with Gasteiger partial charge < -0.3 is 15.2 Å². The second-order valence-corrected chi connectivity index (χ2v) is 6.31. The Hall–Kier alpha value is -2.34. The lowest BCUT2D eigenvalue weighted by atomic mass is 10.0. The van der Waals surface area contributed by atoms with Crippen LogP contribution in [0.3, 0.4) is 0 Å². The first kappa shape index (κ1) is 17.5. The van der Waals surface area contributed by atoms with E-state index in [4.69, 9.17) is 4.74 Å². The molecule has 6 heteroatoms. The van der Waals surface area contributed by atoms with Crippen molar-refractivity contribution in [1.82, 2.24) is 4.90 Å². The number of ether oxygens (including phenoxy) is 1. The van der Waals surface area contributed by atoms with Crippen LogP contribution in [0.15, 0.2) is 36.4 Å². The molecule has 4 nitrogen and oxygen atoms in total. The largest absolute Gasteiger partial charge is 0.507 e. The molecule has 25 heavy (non-hydrogen) atoms. The summed E-state index contributed by atoms with van der Waals surface area (Å²) >= 11 is 0. The number of phenolic OH excluding ortho intramolecular Hbond substituents is 1. The number of nitrogens with one attached hydrogen (secondary N) is 1. The maximum atomic E-state index is 13.4. The quantitative estimate of drug-likeness (QED) is 0.864. The Labute approximate surface area is 146 Å². The van der Waals surface area contributed by atoms with Crippen molar-refractivity contribution in [3.05, 3.63) is 53.6 Å². The first-order chi connectivity index (χ1) is 12.1. The molecule has 1 fully saturated rings. The standard InChI is InChI=1S/C19H22F2N2O2/c1-25-19-6-2-5-18(24)15(19)12-23-9-3-4-14(11-23)22-13-7-8-16(20)17(21)10-13/h2,5-8,10,14,22,24H,3-4,9,11-12H2,1H3/t14-/m1/s1. The average molecular weight is 348 g/mol. The summed E-state index contributed by atoms with van der Waals surface area (Å²) in [5.74, 6) is -0.815. The van der Waals surface area contributed by atoms with Gasteiger partial charge in [0.05, 0.1) is 7.11 Å². The minimum Gasteiger partial charge on any atom is -0.507 e. The fourth-order valence-electron chi connectivity index (χ4n) is 3.27. The minimum atomic E-state index is -0.850. The maximum absolute atomic E-state index is 13.4. The third-order valence-corrected chi connectivity index (χ3v) is 4.51. The Morgan fingerprint density at radius 3 is 2.84 bits per heavy atom. The summed E-state index contributed by atoms with van der Waals surface area (Å²) in [4.78, 5) is 2.22. The fraction of sp³-hybridized carbons (Fsp3) is 0.368. The van der Waals surface area contributed by atoms with Crippen LogP contribution in [0.5, 0.6) is 11.5 Å². The van der Waals surface area contributed by atoms with Gasteiger partial charge in [0.2, 0.25) is 0 Å². The molecule has 2 aromatic rings. The number of hydrogen-bond donors (Lipinski definition) is 2. The lowest BCUT2D eigenvalue weighted by molar-refractivity contribution is 0.204. The molecule has 1 aliphatic rings. The van der Waals surface area contributed by atoms with Crippen molar-refractivity contribution in [1.29, 1.82) is 0 Å². The first-order valence-corrected chi connectivity index (χ1v) is 8.35. The molecular weight excluding hydrogens is 326 g/mol. The number of aromatic hydroxyl groups is 1. The van der Waals surface area contributed by atoms with Gasteiger partial charge in [0.15, 0.2) is 11.6 Å². The van der Waals surface area contributed by atoms with Gasteiger partial charge in [-0.1, -0.05) is 6.07 Å². The zero-order valence-corrected chi connectivity index (χ0v) is 14.1. The van der Waals surface area contributed by atoms with E-state index in [1.165, 1.54) is 6.07 Å². The molecule has 3 rings (SSSR count). The van der Waals surface area contributed by atoms with Crippen LogP contribution in [0.1, 0.15) is 18.4 Å². The minimum absolute atomic E-state index is 0.135. The second kappa shape index (κ2) is 7.70. The summed E-state index contributed by atoms with van der Waals surface area (Å²) < 4.78 is 31.7. The highest BCUT2D eigenvalue weighted by Crippen LogP contribution is 2.30. The topological polar surface area (TPSA) is 44.7 Å². The number of rotatable bonds is 5. The molecule has 0 unspecified atom stereocenters. The van der Waals surface area contributed by atoms with Gasteiger partial charge in [0.1, 0.15) is 11.5 Å². The van der Waals surface area contributed by atoms with Gasteiger partial charge in [-0.2, -0.15) is 0 Å². The van der Waals surface area contributed by atoms with Gasteiger partial charge in [-0.15, -0.1) is 0 Å². The van der Waals surface area contributed by atoms with E-state index in [-0.39, 0.29) is 11.8 Å². The van der Waals surface area contributed by atoms with Crippen LogP contribution in [0.2, 0.25) is 0 Å². The van der Waals surface area contributed by atoms with E-state index in [0.29, 0.717) is 18.0 Å². The number of nitrogens with zero attached hydrogens (tertiary/aromatic N) is 1. The van der Waals surface area contributed by atoms with Crippen LogP contribution in [0.4, 0.5) is 14.5 Å². The monoisotopic (exact) mass is 348 g/mol. The highest BCUT2D eigenvalue weighted by Gasteiger charge is 2.22. The zero-order chi connectivity index (χ0) is 17.8. The Kier molecular flexibility index (Phi) is 5.38. The van der Waals surface area contributed by atoms with Gasteiger partial charge in [0.25, 0.3) is 0 Å². The Morgan fingerprint density at radius 1 is 1.24 bits per heavy atom. The first-order valence-electron chi connectivity index (χ1n) is 8.35. The third-order valence-electron chi connectivity index (χ3n) is 4.51. The van der Waals surface area contributed by atoms with E-state index in [1.54, 1.807) is 25.3 Å². The number of piperidine rings is 1. The lowest BCUT2D eigenvalue weighted by Crippen LogP contribution is -2.41. The van der Waals surface area contributed by atoms with Crippen molar-refractivity contribution < 1.29 is 18.6 Å². The van der Waals surface area contributed by atoms with Crippen molar-refractivity contribution in [2.24, 2.45) is 0 Å². The second-order valence-electron chi connectivity index (χ2n) is 6.31. The van der Waals surface area contributed by atoms with Gasteiger partial charge in [-0.25, -0.2) is 8.78 Å². The molecule has 2 N–H and O–H groups in total. The SMILES string of the molecule is COc1cccc(O)c1CN1CCC[C@@H](Nc2ccc(F)c(F)c2)C1. The van der Waals surface area contributed by atoms with Crippen LogP contribution in [-0.4, -0.2) is 36.2 Å². The molecule has 0 amide bonds. The highest BCUT2D eigenvalue weighted by molar-refractivity contribution is 5.45. The van der Waals surface area contributed by atoms with E-state index in [2.05, 4.69) is 10.2 Å². The van der Waals surface area contributed by atoms with E-state index in [9.17, 15) is 13.9 Å². The molecule has 0 spiro atoms. The molecule has 1 saturated heterocycles. The summed E-state index contributed by atoms with van der Waals surface area (Å²) in [6.07, 6.45) is 1.94. The molecule has 0 bridgehead atoms. The average Bonchev–Trinajstić information content (AvgIpc) is 2.60. The smallest absolute Gasteiger partial charge is 0.160 e. The summed E-state index contributed by atoms with van der Waals surface area (Å²) in [7, 11) is 1.59. The van der Waals surface area contributed by atoms with Crippen molar-refractivity contribution in [3.63, 3.8) is 0 Å². The molecule has 134 valence electrons. The van der Waals surface area contributed by atoms with E-state index >= 15 is 0 Å². The normalized spacial score (nSPS) is 18.1. The van der Waals surface area contributed by atoms with Crippen LogP contribution in [0, 0.1) is 11.6 Å². The van der Waals surface area contributed by atoms with Crippen LogP contribution in [-0.2, 0) is 6.54 Å². The molecule has 0 aliphatic carbocycles. The van der Waals surface area contributed by atoms with Crippen molar-refractivity contribution in [2.75, 3.05) is 25.5 Å². The van der Waals surface area contributed by atoms with E-state index in [1.807, 2.05) is 6.07 Å². The number of benzene rings is 2. The Morgan fingerprint density at radius 2 is 2.08 bits per heavy atom. The molecule has 0 saturated carbocycles. The zero-order valence-electron chi connectivity index (χ0n) is 14.1. The predicted molar refractivity (Wildman–Crippen MR) is 92.9 cm³/mol. The van der Waals surface area contributed by atoms with Crippen LogP contribution in [0.25, 0.3) is 0 Å². The molecule has 1 aliphatic heterocycles. The number of halogens is 2. The van der Waals surface area contributed by atoms with Crippen molar-refractivity contribution in [3.8, 4) is 11.5 Å². The number of likely N-dealkylation sites (tertiary alicyclic amines) is 1. The Balaban J connectivity index is 1.66. The number of hydrogen-bond acceptors (Lipinski definition) is 4. The van der Waals surface area contributed by atoms with Crippen LogP contribution >= 0.6 is 0 Å². The molecule has 2 aromatic carbocycles. The number of anilines is 1. The highest BCUT2D eigenvalue weighted by atomic mass is 19.2. The predicted octanol–water partition coefficient (Wildman–Crippen LogP) is 3.76. The summed E-state index contributed by atoms with van der Waals surface area (Å²) in [5, 5.41) is 13.4. The van der Waals surface area contributed by atoms with Crippen molar-refractivity contribution in [2.45, 2.75) is 25.4 Å². The summed E-state index contributed by atoms with van der Waals surface area (Å²) in [6.45, 7) is 2.23. The van der Waals surface area contributed by atoms with E-state index < -0.39 is 11.6 Å². The summed E-state index contributed by atoms with van der Waals surface area (Å²) in [6, 6.07) is 9.22. The number of phenols is 1. The van der Waals surface area contributed by atoms with Crippen LogP contribution < -0.4 is 10.1 Å². The van der Waals surface area contributed by atoms with E-state index in [0.717, 1.165) is 37.6 Å². The molecule has 1 atom stereocenters. The van der Waals surface area contributed by atoms with Gasteiger partial charge in [-0.3, -0.25) is 4.90 Å². The molecule has 0 radical (unpaired) electrons. The van der Waals surface area contributed by atoms with Gasteiger partial charge in [-0.05, 0) is 43.7 Å². The molecular formula is C19H22F2N2O2. The lowest BCUT2D eigenvalue weighted by Gasteiger charge is -2.34. The molecule has 0 aromatic heterocycles. The van der Waals surface area contributed by atoms with Gasteiger partial charge >= 0.3 is 0 Å². The Bertz CT molecular complexity index is 739. The van der Waals surface area contributed by atoms with Crippen molar-refractivity contribution >= 4 is 5.69 Å². The van der Waals surface area contributed by atoms with Gasteiger partial charge in [0, 0.05) is 36.4 Å². The number of methoxy groups -OCH3 is 1.